The number of carboxylic acid groups (broad SMARTS) is 1. The van der Waals surface area contributed by atoms with Crippen LogP contribution in [0.4, 0.5) is 0 Å². The zero-order valence-corrected chi connectivity index (χ0v) is 25.2. The lowest BCUT2D eigenvalue weighted by Crippen LogP contribution is -2.64. The Morgan fingerprint density at radius 2 is 1.88 bits per heavy atom. The highest BCUT2D eigenvalue weighted by Gasteiger charge is 2.45. The molecular formula is C29H35Cl2N3O9. The predicted octanol–water partition coefficient (Wildman–Crippen LogP) is 3.06. The van der Waals surface area contributed by atoms with Crippen LogP contribution in [0.1, 0.15) is 47.4 Å². The number of para-hydroxylation sites is 2. The molecule has 0 unspecified atom stereocenters. The van der Waals surface area contributed by atoms with Crippen molar-refractivity contribution in [3.63, 3.8) is 0 Å². The van der Waals surface area contributed by atoms with E-state index in [2.05, 4.69) is 5.32 Å². The number of carbonyl (C=O) groups is 2. The molecule has 0 aliphatic carbocycles. The Bertz CT molecular complexity index is 1450. The van der Waals surface area contributed by atoms with Gasteiger partial charge in [-0.1, -0.05) is 41.8 Å². The molecule has 12 nitrogen and oxygen atoms in total. The van der Waals surface area contributed by atoms with Crippen LogP contribution in [0.15, 0.2) is 30.3 Å². The van der Waals surface area contributed by atoms with E-state index in [1.54, 1.807) is 6.92 Å². The zero-order chi connectivity index (χ0) is 31.3. The average molecular weight is 641 g/mol. The highest BCUT2D eigenvalue weighted by molar-refractivity contribution is 6.38. The summed E-state index contributed by atoms with van der Waals surface area (Å²) in [5, 5.41) is 41.9. The van der Waals surface area contributed by atoms with Crippen molar-refractivity contribution >= 4 is 46.1 Å². The highest BCUT2D eigenvalue weighted by atomic mass is 35.5. The second-order valence-electron chi connectivity index (χ2n) is 10.3. The Morgan fingerprint density at radius 1 is 1.14 bits per heavy atom. The fourth-order valence-corrected chi connectivity index (χ4v) is 5.64. The summed E-state index contributed by atoms with van der Waals surface area (Å²) in [4.78, 5) is 28.8. The maximum atomic E-state index is 13.3. The van der Waals surface area contributed by atoms with Crippen LogP contribution >= 0.6 is 23.2 Å². The molecule has 0 spiro atoms. The molecule has 3 aromatic rings. The number of methoxy groups -OCH3 is 1. The summed E-state index contributed by atoms with van der Waals surface area (Å²) in [6, 6.07) is 7.88. The summed E-state index contributed by atoms with van der Waals surface area (Å²) in [7, 11) is 1.31. The Kier molecular flexibility index (Phi) is 11.2. The van der Waals surface area contributed by atoms with Crippen LogP contribution in [-0.2, 0) is 27.4 Å². The lowest BCUT2D eigenvalue weighted by Gasteiger charge is -2.41. The van der Waals surface area contributed by atoms with Gasteiger partial charge < -0.3 is 44.5 Å². The van der Waals surface area contributed by atoms with E-state index in [1.165, 1.54) is 13.2 Å². The molecule has 1 amide bonds. The number of aromatic nitrogens is 2. The number of amides is 1. The van der Waals surface area contributed by atoms with Crippen molar-refractivity contribution in [3.05, 3.63) is 57.3 Å². The molecule has 5 N–H and O–H groups in total. The number of nitrogens with one attached hydrogen (secondary N) is 1. The van der Waals surface area contributed by atoms with Crippen LogP contribution in [0, 0.1) is 6.92 Å². The maximum absolute atomic E-state index is 13.3. The van der Waals surface area contributed by atoms with Gasteiger partial charge in [0.15, 0.2) is 12.0 Å². The Labute approximate surface area is 258 Å². The summed E-state index contributed by atoms with van der Waals surface area (Å²) in [5.74, 6) is -0.677. The first kappa shape index (κ1) is 32.9. The van der Waals surface area contributed by atoms with Crippen molar-refractivity contribution in [1.29, 1.82) is 0 Å². The molecule has 1 aliphatic rings. The monoisotopic (exact) mass is 639 g/mol. The SMILES string of the molecule is CO[C@H]1O[C@H](CO)[C@@H](O)[C@H](O)[C@H]1NC(=O)c1cc(Cl)c(OCc2nc3ccccc3n2CCCCCC(=O)O)c(Cl)c1C. The number of aliphatic hydroxyl groups excluding tert-OH is 3. The van der Waals surface area contributed by atoms with Gasteiger partial charge in [-0.2, -0.15) is 0 Å². The maximum Gasteiger partial charge on any atom is 0.303 e. The fourth-order valence-electron chi connectivity index (χ4n) is 5.07. The minimum Gasteiger partial charge on any atom is -0.483 e. The smallest absolute Gasteiger partial charge is 0.303 e. The van der Waals surface area contributed by atoms with Crippen LogP contribution < -0.4 is 10.1 Å². The van der Waals surface area contributed by atoms with Crippen molar-refractivity contribution in [2.45, 2.75) is 76.4 Å². The first-order valence-corrected chi connectivity index (χ1v) is 14.6. The number of halogens is 2. The second kappa shape index (κ2) is 14.7. The highest BCUT2D eigenvalue weighted by Crippen LogP contribution is 2.38. The lowest BCUT2D eigenvalue weighted by molar-refractivity contribution is -0.261. The van der Waals surface area contributed by atoms with Crippen LogP contribution in [0.25, 0.3) is 11.0 Å². The molecule has 0 bridgehead atoms. The van der Waals surface area contributed by atoms with Crippen LogP contribution in [0.2, 0.25) is 10.0 Å². The first-order chi connectivity index (χ1) is 20.6. The number of unbranched alkanes of at least 4 members (excludes halogenated alkanes) is 2. The van der Waals surface area contributed by atoms with Gasteiger partial charge in [0.2, 0.25) is 0 Å². The number of hydrogen-bond acceptors (Lipinski definition) is 9. The minimum absolute atomic E-state index is 0.0270. The number of carboxylic acids is 1. The third kappa shape index (κ3) is 7.40. The molecule has 234 valence electrons. The Morgan fingerprint density at radius 3 is 2.58 bits per heavy atom. The number of carbonyl (C=O) groups excluding carboxylic acids is 1. The van der Waals surface area contributed by atoms with Gasteiger partial charge in [0.25, 0.3) is 5.91 Å². The predicted molar refractivity (Wildman–Crippen MR) is 157 cm³/mol. The lowest BCUT2D eigenvalue weighted by atomic mass is 9.96. The number of aryl methyl sites for hydroxylation is 1. The molecule has 2 aromatic carbocycles. The van der Waals surface area contributed by atoms with Crippen molar-refractivity contribution in [1.82, 2.24) is 14.9 Å². The first-order valence-electron chi connectivity index (χ1n) is 13.8. The van der Waals surface area contributed by atoms with Crippen LogP contribution in [0.3, 0.4) is 0 Å². The molecule has 1 saturated heterocycles. The molecule has 43 heavy (non-hydrogen) atoms. The molecule has 2 heterocycles. The molecule has 5 atom stereocenters. The number of rotatable bonds is 13. The summed E-state index contributed by atoms with van der Waals surface area (Å²) in [6.45, 7) is 1.71. The third-order valence-electron chi connectivity index (χ3n) is 7.43. The third-order valence-corrected chi connectivity index (χ3v) is 8.16. The average Bonchev–Trinajstić information content (AvgIpc) is 3.34. The molecule has 1 fully saturated rings. The topological polar surface area (TPSA) is 173 Å². The van der Waals surface area contributed by atoms with Crippen molar-refractivity contribution < 1.29 is 44.2 Å². The quantitative estimate of drug-likeness (QED) is 0.175. The zero-order valence-electron chi connectivity index (χ0n) is 23.7. The number of nitrogens with zero attached hydrogens (tertiary/aromatic N) is 2. The van der Waals surface area contributed by atoms with E-state index in [0.717, 1.165) is 23.9 Å². The van der Waals surface area contributed by atoms with Crippen LogP contribution in [-0.4, -0.2) is 86.2 Å². The van der Waals surface area contributed by atoms with Gasteiger partial charge in [0.1, 0.15) is 36.8 Å². The van der Waals surface area contributed by atoms with Crippen molar-refractivity contribution in [3.8, 4) is 5.75 Å². The molecule has 14 heteroatoms. The van der Waals surface area contributed by atoms with Gasteiger partial charge in [0, 0.05) is 25.6 Å². The van der Waals surface area contributed by atoms with Gasteiger partial charge in [-0.3, -0.25) is 9.59 Å². The van der Waals surface area contributed by atoms with Crippen LogP contribution in [0.5, 0.6) is 5.75 Å². The minimum atomic E-state index is -1.48. The number of imidazole rings is 1. The standard InChI is InChI=1S/C29H35Cl2N3O9/c1-15-16(28(40)33-24-26(39)25(38)20(13-35)43-29(24)41-2)12-17(30)27(23(15)31)42-14-21-32-18-8-5-6-9-19(18)34(21)11-7-3-4-10-22(36)37/h5-6,8-9,12,20,24-26,29,35,38-39H,3-4,7,10-11,13-14H2,1-2H3,(H,33,40)(H,36,37)/t20-,24-,25-,26-,29+/m1/s1. The number of hydrogen-bond donors (Lipinski definition) is 5. The van der Waals surface area contributed by atoms with Crippen molar-refractivity contribution in [2.24, 2.45) is 0 Å². The number of aliphatic hydroxyl groups is 3. The van der Waals surface area contributed by atoms with Gasteiger partial charge in [-0.05, 0) is 43.5 Å². The summed E-state index contributed by atoms with van der Waals surface area (Å²) >= 11 is 13.2. The number of aliphatic carboxylic acids is 1. The summed E-state index contributed by atoms with van der Waals surface area (Å²) in [5.41, 5.74) is 2.17. The molecule has 4 rings (SSSR count). The second-order valence-corrected chi connectivity index (χ2v) is 11.1. The molecular weight excluding hydrogens is 605 g/mol. The molecule has 1 aliphatic heterocycles. The van der Waals surface area contributed by atoms with Crippen molar-refractivity contribution in [2.75, 3.05) is 13.7 Å². The van der Waals surface area contributed by atoms with E-state index in [0.29, 0.717) is 24.4 Å². The summed E-state index contributed by atoms with van der Waals surface area (Å²) in [6.07, 6.45) is -2.95. The molecule has 0 saturated carbocycles. The largest absolute Gasteiger partial charge is 0.483 e. The Balaban J connectivity index is 1.50. The van der Waals surface area contributed by atoms with E-state index < -0.39 is 49.1 Å². The van der Waals surface area contributed by atoms with Gasteiger partial charge in [0.05, 0.1) is 27.7 Å². The van der Waals surface area contributed by atoms with E-state index in [4.69, 9.17) is 47.5 Å². The van der Waals surface area contributed by atoms with E-state index in [9.17, 15) is 24.9 Å². The van der Waals surface area contributed by atoms with Gasteiger partial charge in [-0.25, -0.2) is 4.98 Å². The normalized spacial score (nSPS) is 22.1. The number of ether oxygens (including phenoxy) is 3. The summed E-state index contributed by atoms with van der Waals surface area (Å²) < 4.78 is 18.7. The Hall–Kier alpha value is -2.97. The number of benzene rings is 2. The van der Waals surface area contributed by atoms with Gasteiger partial charge in [-0.15, -0.1) is 0 Å². The molecule has 0 radical (unpaired) electrons. The van der Waals surface area contributed by atoms with Gasteiger partial charge >= 0.3 is 5.97 Å². The fraction of sp³-hybridized carbons (Fsp3) is 0.483. The molecule has 1 aromatic heterocycles. The van der Waals surface area contributed by atoms with E-state index in [-0.39, 0.29) is 34.4 Å². The van der Waals surface area contributed by atoms with E-state index in [1.807, 2.05) is 28.8 Å². The van der Waals surface area contributed by atoms with E-state index >= 15 is 0 Å². The number of fused-ring (bicyclic) bond motifs is 1.